The van der Waals surface area contributed by atoms with E-state index in [9.17, 15) is 9.59 Å². The third-order valence-corrected chi connectivity index (χ3v) is 5.29. The molecule has 27 heavy (non-hydrogen) atoms. The Bertz CT molecular complexity index is 788. The van der Waals surface area contributed by atoms with Crippen molar-refractivity contribution in [2.45, 2.75) is 26.7 Å². The van der Waals surface area contributed by atoms with Gasteiger partial charge in [-0.15, -0.1) is 0 Å². The third kappa shape index (κ3) is 4.57. The molecular weight excluding hydrogens is 336 g/mol. The van der Waals surface area contributed by atoms with E-state index in [1.165, 1.54) is 5.56 Å². The van der Waals surface area contributed by atoms with Crippen LogP contribution in [0, 0.1) is 5.92 Å². The predicted octanol–water partition coefficient (Wildman–Crippen LogP) is 3.61. The summed E-state index contributed by atoms with van der Waals surface area (Å²) in [6, 6.07) is 18.6. The van der Waals surface area contributed by atoms with Gasteiger partial charge in [0, 0.05) is 32.6 Å². The second kappa shape index (κ2) is 8.85. The van der Waals surface area contributed by atoms with Crippen molar-refractivity contribution in [2.75, 3.05) is 26.2 Å². The molecule has 1 heterocycles. The Morgan fingerprint density at radius 3 is 2.44 bits per heavy atom. The summed E-state index contributed by atoms with van der Waals surface area (Å²) in [6.07, 6.45) is 1.14. The van der Waals surface area contributed by atoms with Gasteiger partial charge in [-0.05, 0) is 30.0 Å². The largest absolute Gasteiger partial charge is 0.341 e. The second-order valence-corrected chi connectivity index (χ2v) is 7.08. The van der Waals surface area contributed by atoms with Crippen molar-refractivity contribution in [2.24, 2.45) is 5.92 Å². The molecule has 2 aromatic rings. The number of hydrogen-bond acceptors (Lipinski definition) is 2. The molecule has 0 N–H and O–H groups in total. The topological polar surface area (TPSA) is 40.6 Å². The Morgan fingerprint density at radius 2 is 1.74 bits per heavy atom. The minimum absolute atomic E-state index is 0.129. The Morgan fingerprint density at radius 1 is 1.00 bits per heavy atom. The molecule has 1 unspecified atom stereocenters. The number of carbonyl (C=O) groups is 2. The zero-order valence-electron chi connectivity index (χ0n) is 16.2. The molecule has 4 nitrogen and oxygen atoms in total. The summed E-state index contributed by atoms with van der Waals surface area (Å²) in [7, 11) is 0. The number of hydrogen-bond donors (Lipinski definition) is 0. The molecule has 142 valence electrons. The average molecular weight is 364 g/mol. The molecule has 1 atom stereocenters. The maximum Gasteiger partial charge on any atom is 0.227 e. The first kappa shape index (κ1) is 19.2. The normalized spacial score (nSPS) is 17.7. The van der Waals surface area contributed by atoms with E-state index in [-0.39, 0.29) is 17.7 Å². The van der Waals surface area contributed by atoms with Crippen LogP contribution < -0.4 is 0 Å². The van der Waals surface area contributed by atoms with Crippen molar-refractivity contribution in [3.05, 3.63) is 60.2 Å². The van der Waals surface area contributed by atoms with Crippen LogP contribution in [0.2, 0.25) is 0 Å². The van der Waals surface area contributed by atoms with Crippen LogP contribution in [-0.2, 0) is 16.0 Å². The SMILES string of the molecule is CCC(=O)N1CCN(CC)C(=O)C(Cc2cccc(-c3ccccc3)c2)C1. The van der Waals surface area contributed by atoms with Gasteiger partial charge < -0.3 is 9.80 Å². The summed E-state index contributed by atoms with van der Waals surface area (Å²) in [4.78, 5) is 29.0. The van der Waals surface area contributed by atoms with Crippen molar-refractivity contribution in [3.63, 3.8) is 0 Å². The molecular formula is C23H28N2O2. The van der Waals surface area contributed by atoms with E-state index in [0.29, 0.717) is 39.0 Å². The van der Waals surface area contributed by atoms with Crippen molar-refractivity contribution in [3.8, 4) is 11.1 Å². The lowest BCUT2D eigenvalue weighted by molar-refractivity contribution is -0.134. The van der Waals surface area contributed by atoms with Gasteiger partial charge >= 0.3 is 0 Å². The second-order valence-electron chi connectivity index (χ2n) is 7.08. The molecule has 0 saturated carbocycles. The summed E-state index contributed by atoms with van der Waals surface area (Å²) in [5.74, 6) is 0.103. The highest BCUT2D eigenvalue weighted by molar-refractivity contribution is 5.82. The number of carbonyl (C=O) groups excluding carboxylic acids is 2. The van der Waals surface area contributed by atoms with Gasteiger partial charge in [0.15, 0.2) is 0 Å². The van der Waals surface area contributed by atoms with Crippen molar-refractivity contribution in [1.82, 2.24) is 9.80 Å². The minimum Gasteiger partial charge on any atom is -0.341 e. The van der Waals surface area contributed by atoms with Gasteiger partial charge in [-0.1, -0.05) is 61.5 Å². The Hall–Kier alpha value is -2.62. The predicted molar refractivity (Wildman–Crippen MR) is 108 cm³/mol. The van der Waals surface area contributed by atoms with Crippen LogP contribution in [-0.4, -0.2) is 47.8 Å². The van der Waals surface area contributed by atoms with Crippen LogP contribution in [0.3, 0.4) is 0 Å². The standard InChI is InChI=1S/C23H28N2O2/c1-3-22(26)25-14-13-24(4-2)23(27)21(17-25)16-18-9-8-12-20(15-18)19-10-6-5-7-11-19/h5-12,15,21H,3-4,13-14,16-17H2,1-2H3. The molecule has 0 aliphatic carbocycles. The molecule has 1 fully saturated rings. The zero-order valence-corrected chi connectivity index (χ0v) is 16.2. The lowest BCUT2D eigenvalue weighted by Crippen LogP contribution is -2.37. The molecule has 0 bridgehead atoms. The summed E-state index contributed by atoms with van der Waals surface area (Å²) >= 11 is 0. The highest BCUT2D eigenvalue weighted by atomic mass is 16.2. The van der Waals surface area contributed by atoms with E-state index in [1.807, 2.05) is 47.9 Å². The van der Waals surface area contributed by atoms with E-state index in [4.69, 9.17) is 0 Å². The lowest BCUT2D eigenvalue weighted by atomic mass is 9.94. The Kier molecular flexibility index (Phi) is 6.28. The van der Waals surface area contributed by atoms with Gasteiger partial charge in [-0.2, -0.15) is 0 Å². The maximum absolute atomic E-state index is 13.0. The van der Waals surface area contributed by atoms with Gasteiger partial charge in [-0.3, -0.25) is 9.59 Å². The maximum atomic E-state index is 13.0. The first-order valence-electron chi connectivity index (χ1n) is 9.83. The molecule has 0 aromatic heterocycles. The number of likely N-dealkylation sites (N-methyl/N-ethyl adjacent to an activating group) is 1. The Labute approximate surface area is 161 Å². The molecule has 4 heteroatoms. The molecule has 0 spiro atoms. The number of benzene rings is 2. The van der Waals surface area contributed by atoms with E-state index in [0.717, 1.165) is 11.1 Å². The quantitative estimate of drug-likeness (QED) is 0.813. The van der Waals surface area contributed by atoms with Crippen LogP contribution in [0.15, 0.2) is 54.6 Å². The smallest absolute Gasteiger partial charge is 0.227 e. The zero-order chi connectivity index (χ0) is 19.2. The number of rotatable bonds is 5. The monoisotopic (exact) mass is 364 g/mol. The number of nitrogens with zero attached hydrogens (tertiary/aromatic N) is 2. The molecule has 3 rings (SSSR count). The average Bonchev–Trinajstić information content (AvgIpc) is 2.87. The van der Waals surface area contributed by atoms with E-state index >= 15 is 0 Å². The fraction of sp³-hybridized carbons (Fsp3) is 0.391. The molecule has 1 saturated heterocycles. The van der Waals surface area contributed by atoms with Gasteiger partial charge in [0.2, 0.25) is 11.8 Å². The van der Waals surface area contributed by atoms with Crippen molar-refractivity contribution < 1.29 is 9.59 Å². The summed E-state index contributed by atoms with van der Waals surface area (Å²) in [5.41, 5.74) is 3.46. The molecule has 1 aliphatic rings. The highest BCUT2D eigenvalue weighted by Gasteiger charge is 2.31. The molecule has 2 aromatic carbocycles. The van der Waals surface area contributed by atoms with Crippen LogP contribution in [0.25, 0.3) is 11.1 Å². The fourth-order valence-electron chi connectivity index (χ4n) is 3.75. The Balaban J connectivity index is 1.83. The highest BCUT2D eigenvalue weighted by Crippen LogP contribution is 2.23. The number of amides is 2. The van der Waals surface area contributed by atoms with Crippen molar-refractivity contribution in [1.29, 1.82) is 0 Å². The molecule has 0 radical (unpaired) electrons. The van der Waals surface area contributed by atoms with Gasteiger partial charge in [0.05, 0.1) is 5.92 Å². The van der Waals surface area contributed by atoms with Crippen LogP contribution in [0.4, 0.5) is 0 Å². The first-order chi connectivity index (χ1) is 13.1. The minimum atomic E-state index is -0.186. The van der Waals surface area contributed by atoms with Crippen molar-refractivity contribution >= 4 is 11.8 Å². The van der Waals surface area contributed by atoms with E-state index in [2.05, 4.69) is 30.3 Å². The van der Waals surface area contributed by atoms with Crippen LogP contribution >= 0.6 is 0 Å². The fourth-order valence-corrected chi connectivity index (χ4v) is 3.75. The van der Waals surface area contributed by atoms with Crippen LogP contribution in [0.5, 0.6) is 0 Å². The molecule has 1 aliphatic heterocycles. The van der Waals surface area contributed by atoms with E-state index in [1.54, 1.807) is 0 Å². The summed E-state index contributed by atoms with van der Waals surface area (Å²) in [5, 5.41) is 0. The van der Waals surface area contributed by atoms with E-state index < -0.39 is 0 Å². The van der Waals surface area contributed by atoms with Gasteiger partial charge in [0.25, 0.3) is 0 Å². The lowest BCUT2D eigenvalue weighted by Gasteiger charge is -2.23. The van der Waals surface area contributed by atoms with Gasteiger partial charge in [-0.25, -0.2) is 0 Å². The van der Waals surface area contributed by atoms with Crippen LogP contribution in [0.1, 0.15) is 25.8 Å². The van der Waals surface area contributed by atoms with Gasteiger partial charge in [0.1, 0.15) is 0 Å². The molecule has 2 amide bonds. The third-order valence-electron chi connectivity index (χ3n) is 5.29. The summed E-state index contributed by atoms with van der Waals surface area (Å²) < 4.78 is 0. The summed E-state index contributed by atoms with van der Waals surface area (Å²) in [6.45, 7) is 6.34. The first-order valence-corrected chi connectivity index (χ1v) is 9.83.